The quantitative estimate of drug-likeness (QED) is 0.512. The van der Waals surface area contributed by atoms with Gasteiger partial charge in [-0.15, -0.1) is 0 Å². The van der Waals surface area contributed by atoms with E-state index in [0.29, 0.717) is 6.07 Å². The van der Waals surface area contributed by atoms with E-state index in [1.165, 1.54) is 0 Å². The fraction of sp³-hybridized carbons (Fsp3) is 0.412. The summed E-state index contributed by atoms with van der Waals surface area (Å²) in [5.74, 6) is -6.76. The van der Waals surface area contributed by atoms with E-state index < -0.39 is 60.3 Å². The molecule has 0 saturated heterocycles. The molecule has 1 N–H and O–H groups in total. The van der Waals surface area contributed by atoms with Crippen molar-refractivity contribution in [1.82, 2.24) is 5.32 Å². The number of amides is 1. The van der Waals surface area contributed by atoms with Gasteiger partial charge in [-0.25, -0.2) is 13.6 Å². The predicted octanol–water partition coefficient (Wildman–Crippen LogP) is 0.517. The van der Waals surface area contributed by atoms with E-state index in [0.717, 1.165) is 33.5 Å². The largest absolute Gasteiger partial charge is 0.469 e. The summed E-state index contributed by atoms with van der Waals surface area (Å²) in [4.78, 5) is 47.7. The van der Waals surface area contributed by atoms with Crippen LogP contribution in [0.4, 0.5) is 8.78 Å². The lowest BCUT2D eigenvalue weighted by Crippen LogP contribution is -2.50. The number of methoxy groups -OCH3 is 3. The first kappa shape index (κ1) is 22.0. The minimum absolute atomic E-state index is 0.0104. The summed E-state index contributed by atoms with van der Waals surface area (Å²) in [6, 6.07) is 0.972. The van der Waals surface area contributed by atoms with Crippen molar-refractivity contribution in [3.05, 3.63) is 35.4 Å². The van der Waals surface area contributed by atoms with E-state index in [9.17, 15) is 28.0 Å². The molecule has 8 nitrogen and oxygen atoms in total. The number of nitrogens with one attached hydrogen (secondary N) is 1. The zero-order valence-corrected chi connectivity index (χ0v) is 14.9. The van der Waals surface area contributed by atoms with Crippen LogP contribution < -0.4 is 5.32 Å². The van der Waals surface area contributed by atoms with E-state index in [1.807, 2.05) is 0 Å². The molecular formula is C17H19F2NO7. The molecule has 1 amide bonds. The molecule has 0 bridgehead atoms. The molecule has 0 saturated carbocycles. The molecule has 148 valence electrons. The van der Waals surface area contributed by atoms with Crippen molar-refractivity contribution in [3.63, 3.8) is 0 Å². The predicted molar refractivity (Wildman–Crippen MR) is 86.1 cm³/mol. The Kier molecular flexibility index (Phi) is 8.31. The molecule has 2 atom stereocenters. The van der Waals surface area contributed by atoms with E-state index in [4.69, 9.17) is 0 Å². The third kappa shape index (κ3) is 6.65. The fourth-order valence-corrected chi connectivity index (χ4v) is 2.33. The Hall–Kier alpha value is -3.04. The smallest absolute Gasteiger partial charge is 0.329 e. The Morgan fingerprint density at radius 2 is 1.48 bits per heavy atom. The van der Waals surface area contributed by atoms with Gasteiger partial charge in [-0.2, -0.15) is 0 Å². The highest BCUT2D eigenvalue weighted by Crippen LogP contribution is 2.15. The normalized spacial score (nSPS) is 12.5. The average molecular weight is 387 g/mol. The number of benzene rings is 1. The van der Waals surface area contributed by atoms with Gasteiger partial charge >= 0.3 is 17.9 Å². The number of esters is 3. The monoisotopic (exact) mass is 387 g/mol. The number of carbonyl (C=O) groups excluding carboxylic acids is 4. The van der Waals surface area contributed by atoms with Crippen LogP contribution in [0.3, 0.4) is 0 Å². The first-order valence-corrected chi connectivity index (χ1v) is 7.68. The van der Waals surface area contributed by atoms with Crippen LogP contribution in [-0.4, -0.2) is 51.2 Å². The van der Waals surface area contributed by atoms with E-state index in [1.54, 1.807) is 0 Å². The van der Waals surface area contributed by atoms with Crippen molar-refractivity contribution in [1.29, 1.82) is 0 Å². The van der Waals surface area contributed by atoms with Crippen LogP contribution in [0.15, 0.2) is 18.2 Å². The standard InChI is InChI=1S/C17H19F2NO7/c1-25-14(22)8-12(16(23)26-2)15(17(24)27-3)20-13(21)6-9-4-10(18)7-11(19)5-9/h4-5,7,12,15H,6,8H2,1-3H3,(H,20,21)/t12-,15+/m0/s1. The Morgan fingerprint density at radius 1 is 0.926 bits per heavy atom. The van der Waals surface area contributed by atoms with Gasteiger partial charge < -0.3 is 19.5 Å². The lowest BCUT2D eigenvalue weighted by Gasteiger charge is -2.23. The second kappa shape index (κ2) is 10.2. The van der Waals surface area contributed by atoms with Gasteiger partial charge in [0, 0.05) is 6.07 Å². The van der Waals surface area contributed by atoms with Crippen LogP contribution in [0, 0.1) is 17.6 Å². The van der Waals surface area contributed by atoms with Gasteiger partial charge in [0.15, 0.2) is 0 Å². The van der Waals surface area contributed by atoms with Gasteiger partial charge in [-0.1, -0.05) is 0 Å². The molecule has 0 fully saturated rings. The van der Waals surface area contributed by atoms with Crippen LogP contribution in [0.2, 0.25) is 0 Å². The molecular weight excluding hydrogens is 368 g/mol. The van der Waals surface area contributed by atoms with Crippen LogP contribution in [-0.2, 0) is 39.8 Å². The zero-order chi connectivity index (χ0) is 20.6. The highest BCUT2D eigenvalue weighted by Gasteiger charge is 2.38. The lowest BCUT2D eigenvalue weighted by molar-refractivity contribution is -0.159. The summed E-state index contributed by atoms with van der Waals surface area (Å²) >= 11 is 0. The molecule has 0 aromatic heterocycles. The fourth-order valence-electron chi connectivity index (χ4n) is 2.33. The molecule has 1 aromatic carbocycles. The molecule has 10 heteroatoms. The Labute approximate surface area is 153 Å². The number of hydrogen-bond donors (Lipinski definition) is 1. The molecule has 1 rings (SSSR count). The molecule has 27 heavy (non-hydrogen) atoms. The maximum absolute atomic E-state index is 13.2. The van der Waals surface area contributed by atoms with Crippen molar-refractivity contribution in [3.8, 4) is 0 Å². The number of hydrogen-bond acceptors (Lipinski definition) is 7. The van der Waals surface area contributed by atoms with Crippen molar-refractivity contribution >= 4 is 23.8 Å². The van der Waals surface area contributed by atoms with Gasteiger partial charge in [0.05, 0.1) is 40.1 Å². The summed E-state index contributed by atoms with van der Waals surface area (Å²) in [5.41, 5.74) is 0.0104. The second-order valence-electron chi connectivity index (χ2n) is 5.43. The number of rotatable bonds is 8. The second-order valence-corrected chi connectivity index (χ2v) is 5.43. The minimum Gasteiger partial charge on any atom is -0.469 e. The average Bonchev–Trinajstić information content (AvgIpc) is 2.61. The van der Waals surface area contributed by atoms with Crippen molar-refractivity contribution < 1.29 is 42.2 Å². The van der Waals surface area contributed by atoms with E-state index >= 15 is 0 Å². The summed E-state index contributed by atoms with van der Waals surface area (Å²) in [6.45, 7) is 0. The minimum atomic E-state index is -1.56. The number of halogens is 2. The highest BCUT2D eigenvalue weighted by molar-refractivity contribution is 5.91. The van der Waals surface area contributed by atoms with Crippen LogP contribution in [0.25, 0.3) is 0 Å². The first-order chi connectivity index (χ1) is 12.7. The maximum Gasteiger partial charge on any atom is 0.329 e. The van der Waals surface area contributed by atoms with Crippen molar-refractivity contribution in [2.45, 2.75) is 18.9 Å². The summed E-state index contributed by atoms with van der Waals surface area (Å²) in [7, 11) is 3.15. The number of carbonyl (C=O) groups is 4. The van der Waals surface area contributed by atoms with Gasteiger partial charge in [0.1, 0.15) is 17.7 Å². The summed E-state index contributed by atoms with van der Waals surface area (Å²) < 4.78 is 40.0. The summed E-state index contributed by atoms with van der Waals surface area (Å²) in [6.07, 6.45) is -1.04. The van der Waals surface area contributed by atoms with Gasteiger partial charge in [0.2, 0.25) is 5.91 Å². The van der Waals surface area contributed by atoms with Crippen LogP contribution in [0.1, 0.15) is 12.0 Å². The molecule has 0 spiro atoms. The lowest BCUT2D eigenvalue weighted by atomic mass is 9.95. The molecule has 0 heterocycles. The van der Waals surface area contributed by atoms with E-state index in [2.05, 4.69) is 19.5 Å². The third-order valence-electron chi connectivity index (χ3n) is 3.58. The zero-order valence-electron chi connectivity index (χ0n) is 14.9. The number of ether oxygens (including phenoxy) is 3. The molecule has 0 radical (unpaired) electrons. The van der Waals surface area contributed by atoms with Crippen LogP contribution >= 0.6 is 0 Å². The highest BCUT2D eigenvalue weighted by atomic mass is 19.1. The maximum atomic E-state index is 13.2. The Bertz CT molecular complexity index is 703. The molecule has 1 aromatic rings. The third-order valence-corrected chi connectivity index (χ3v) is 3.58. The van der Waals surface area contributed by atoms with Crippen LogP contribution in [0.5, 0.6) is 0 Å². The van der Waals surface area contributed by atoms with Gasteiger partial charge in [-0.3, -0.25) is 14.4 Å². The first-order valence-electron chi connectivity index (χ1n) is 7.68. The SMILES string of the molecule is COC(=O)C[C@H](C(=O)OC)[C@@H](NC(=O)Cc1cc(F)cc(F)c1)C(=O)OC. The molecule has 0 aliphatic rings. The molecule has 0 aliphatic heterocycles. The van der Waals surface area contributed by atoms with Gasteiger partial charge in [0.25, 0.3) is 0 Å². The van der Waals surface area contributed by atoms with Crippen molar-refractivity contribution in [2.24, 2.45) is 5.92 Å². The van der Waals surface area contributed by atoms with Crippen molar-refractivity contribution in [2.75, 3.05) is 21.3 Å². The Morgan fingerprint density at radius 3 is 1.96 bits per heavy atom. The van der Waals surface area contributed by atoms with Gasteiger partial charge in [-0.05, 0) is 17.7 Å². The Balaban J connectivity index is 3.03. The molecule has 0 unspecified atom stereocenters. The molecule has 0 aliphatic carbocycles. The van der Waals surface area contributed by atoms with E-state index in [-0.39, 0.29) is 5.56 Å². The topological polar surface area (TPSA) is 108 Å². The summed E-state index contributed by atoms with van der Waals surface area (Å²) in [5, 5.41) is 2.23.